The second kappa shape index (κ2) is 7.57. The minimum Gasteiger partial charge on any atom is -0.481 e. The van der Waals surface area contributed by atoms with Gasteiger partial charge in [0, 0.05) is 6.61 Å². The van der Waals surface area contributed by atoms with E-state index in [9.17, 15) is 25.2 Å². The van der Waals surface area contributed by atoms with Gasteiger partial charge in [0.25, 0.3) is 0 Å². The minimum absolute atomic E-state index is 0.0121. The number of aliphatic hydroxyl groups is 3. The van der Waals surface area contributed by atoms with Crippen LogP contribution in [0.3, 0.4) is 0 Å². The number of carboxylic acids is 1. The number of rotatable bonds is 2. The monoisotopic (exact) mass is 488 g/mol. The van der Waals surface area contributed by atoms with Gasteiger partial charge in [0.15, 0.2) is 0 Å². The Morgan fingerprint density at radius 1 is 0.943 bits per heavy atom. The lowest BCUT2D eigenvalue weighted by Gasteiger charge is -2.71. The fourth-order valence-electron chi connectivity index (χ4n) is 10.8. The van der Waals surface area contributed by atoms with E-state index in [1.54, 1.807) is 0 Å². The molecule has 0 amide bonds. The van der Waals surface area contributed by atoms with Gasteiger partial charge in [0.1, 0.15) is 0 Å². The molecule has 198 valence electrons. The van der Waals surface area contributed by atoms with Gasteiger partial charge >= 0.3 is 5.97 Å². The van der Waals surface area contributed by atoms with Crippen LogP contribution in [0, 0.1) is 50.2 Å². The molecule has 5 heteroatoms. The van der Waals surface area contributed by atoms with Gasteiger partial charge in [-0.15, -0.1) is 0 Å². The van der Waals surface area contributed by atoms with Gasteiger partial charge < -0.3 is 20.4 Å². The summed E-state index contributed by atoms with van der Waals surface area (Å²) in [5, 5.41) is 42.6. The van der Waals surface area contributed by atoms with Crippen LogP contribution in [-0.2, 0) is 4.79 Å². The highest BCUT2D eigenvalue weighted by Crippen LogP contribution is 2.75. The van der Waals surface area contributed by atoms with Crippen molar-refractivity contribution in [2.45, 2.75) is 112 Å². The number of hydrogen-bond acceptors (Lipinski definition) is 4. The van der Waals surface area contributed by atoms with Crippen LogP contribution in [0.4, 0.5) is 0 Å². The van der Waals surface area contributed by atoms with Gasteiger partial charge in [-0.25, -0.2) is 0 Å². The van der Waals surface area contributed by atoms with Crippen LogP contribution in [0.25, 0.3) is 0 Å². The highest BCUT2D eigenvalue weighted by Gasteiger charge is 2.70. The van der Waals surface area contributed by atoms with E-state index in [1.165, 1.54) is 5.57 Å². The first-order valence-electron chi connectivity index (χ1n) is 14.0. The van der Waals surface area contributed by atoms with E-state index < -0.39 is 23.6 Å². The van der Waals surface area contributed by atoms with Gasteiger partial charge in [0.2, 0.25) is 0 Å². The molecule has 5 nitrogen and oxygen atoms in total. The van der Waals surface area contributed by atoms with Gasteiger partial charge in [-0.2, -0.15) is 0 Å². The highest BCUT2D eigenvalue weighted by atomic mass is 16.4. The summed E-state index contributed by atoms with van der Waals surface area (Å²) in [6.07, 6.45) is 8.42. The molecule has 0 saturated heterocycles. The smallest absolute Gasteiger partial charge is 0.310 e. The van der Waals surface area contributed by atoms with Gasteiger partial charge in [0.05, 0.1) is 17.6 Å². The number of carboxylic acid groups (broad SMARTS) is 1. The number of aliphatic hydroxyl groups excluding tert-OH is 3. The zero-order valence-corrected chi connectivity index (χ0v) is 22.7. The standard InChI is InChI=1S/C30H48O5/c1-25(2)21-9-10-29(6)22(27(21,4)16-20(32)23(25)33)8-7-18-19-15-26(3,17-31)11-13-30(19,24(34)35)14-12-28(18,29)5/h7,19-23,31-33H,8-17H2,1-6H3,(H,34,35)/t19-,20-,21?,22-,23-,26?,27+,28-,29-,30+/m1/s1. The second-order valence-corrected chi connectivity index (χ2v) is 15.0. The molecule has 0 heterocycles. The summed E-state index contributed by atoms with van der Waals surface area (Å²) in [4.78, 5) is 12.8. The van der Waals surface area contributed by atoms with Crippen LogP contribution in [-0.4, -0.2) is 45.2 Å². The normalized spacial score (nSPS) is 55.0. The zero-order valence-electron chi connectivity index (χ0n) is 22.7. The molecule has 5 rings (SSSR count). The summed E-state index contributed by atoms with van der Waals surface area (Å²) in [7, 11) is 0. The lowest BCUT2D eigenvalue weighted by atomic mass is 9.33. The molecule has 0 aromatic heterocycles. The van der Waals surface area contributed by atoms with Gasteiger partial charge in [-0.3, -0.25) is 4.79 Å². The van der Waals surface area contributed by atoms with Crippen molar-refractivity contribution in [2.24, 2.45) is 50.2 Å². The van der Waals surface area contributed by atoms with Crippen molar-refractivity contribution in [3.05, 3.63) is 11.6 Å². The predicted molar refractivity (Wildman–Crippen MR) is 135 cm³/mol. The van der Waals surface area contributed by atoms with Crippen molar-refractivity contribution >= 4 is 5.97 Å². The Morgan fingerprint density at radius 3 is 2.23 bits per heavy atom. The fraction of sp³-hybridized carbons (Fsp3) is 0.900. The van der Waals surface area contributed by atoms with E-state index in [0.717, 1.165) is 38.5 Å². The summed E-state index contributed by atoms with van der Waals surface area (Å²) in [5.74, 6) is 0.0517. The predicted octanol–water partition coefficient (Wildman–Crippen LogP) is 5.18. The Hall–Kier alpha value is -0.910. The van der Waals surface area contributed by atoms with Crippen LogP contribution in [0.15, 0.2) is 11.6 Å². The van der Waals surface area contributed by atoms with Crippen LogP contribution < -0.4 is 0 Å². The zero-order chi connectivity index (χ0) is 25.8. The fourth-order valence-corrected chi connectivity index (χ4v) is 10.8. The molecule has 0 aromatic carbocycles. The summed E-state index contributed by atoms with van der Waals surface area (Å²) < 4.78 is 0. The van der Waals surface area contributed by atoms with E-state index >= 15 is 0 Å². The Bertz CT molecular complexity index is 941. The van der Waals surface area contributed by atoms with Crippen molar-refractivity contribution in [1.29, 1.82) is 0 Å². The van der Waals surface area contributed by atoms with Crippen molar-refractivity contribution in [1.82, 2.24) is 0 Å². The third kappa shape index (κ3) is 3.07. The molecule has 4 fully saturated rings. The maximum absolute atomic E-state index is 12.8. The molecule has 5 aliphatic carbocycles. The molecule has 0 radical (unpaired) electrons. The van der Waals surface area contributed by atoms with Gasteiger partial charge in [-0.05, 0) is 103 Å². The molecule has 4 N–H and O–H groups in total. The van der Waals surface area contributed by atoms with Gasteiger partial charge in [-0.1, -0.05) is 53.2 Å². The number of carbonyl (C=O) groups is 1. The molecule has 0 spiro atoms. The van der Waals surface area contributed by atoms with E-state index in [2.05, 4.69) is 47.6 Å². The Labute approximate surface area is 211 Å². The van der Waals surface area contributed by atoms with Crippen molar-refractivity contribution in [3.63, 3.8) is 0 Å². The maximum atomic E-state index is 12.8. The van der Waals surface area contributed by atoms with Crippen molar-refractivity contribution in [3.8, 4) is 0 Å². The minimum atomic E-state index is -0.711. The quantitative estimate of drug-likeness (QED) is 0.402. The van der Waals surface area contributed by atoms with Crippen molar-refractivity contribution < 1.29 is 25.2 Å². The molecule has 0 aromatic rings. The third-order valence-electron chi connectivity index (χ3n) is 13.3. The van der Waals surface area contributed by atoms with E-state index in [4.69, 9.17) is 0 Å². The topological polar surface area (TPSA) is 98.0 Å². The third-order valence-corrected chi connectivity index (χ3v) is 13.3. The molecule has 0 bridgehead atoms. The average molecular weight is 489 g/mol. The Morgan fingerprint density at radius 2 is 1.60 bits per heavy atom. The summed E-state index contributed by atoms with van der Waals surface area (Å²) in [6, 6.07) is 0. The largest absolute Gasteiger partial charge is 0.481 e. The molecule has 0 aliphatic heterocycles. The lowest BCUT2D eigenvalue weighted by Crippen LogP contribution is -2.67. The number of aliphatic carboxylic acids is 1. The van der Waals surface area contributed by atoms with Crippen LogP contribution in [0.5, 0.6) is 0 Å². The first kappa shape index (κ1) is 25.7. The average Bonchev–Trinajstić information content (AvgIpc) is 2.78. The summed E-state index contributed by atoms with van der Waals surface area (Å²) >= 11 is 0. The maximum Gasteiger partial charge on any atom is 0.310 e. The first-order chi connectivity index (χ1) is 16.1. The number of allylic oxidation sites excluding steroid dienone is 2. The second-order valence-electron chi connectivity index (χ2n) is 15.0. The molecule has 2 unspecified atom stereocenters. The lowest BCUT2D eigenvalue weighted by molar-refractivity contribution is -0.232. The molecule has 10 atom stereocenters. The van der Waals surface area contributed by atoms with E-state index in [0.29, 0.717) is 31.1 Å². The number of fused-ring (bicyclic) bond motifs is 7. The first-order valence-corrected chi connectivity index (χ1v) is 14.0. The van der Waals surface area contributed by atoms with Crippen LogP contribution in [0.1, 0.15) is 99.3 Å². The molecule has 5 aliphatic rings. The van der Waals surface area contributed by atoms with Crippen LogP contribution in [0.2, 0.25) is 0 Å². The summed E-state index contributed by atoms with van der Waals surface area (Å²) in [6.45, 7) is 13.7. The Kier molecular flexibility index (Phi) is 5.56. The molecular formula is C30H48O5. The van der Waals surface area contributed by atoms with E-state index in [-0.39, 0.29) is 39.6 Å². The summed E-state index contributed by atoms with van der Waals surface area (Å²) in [5.41, 5.74) is -0.0781. The highest BCUT2D eigenvalue weighted by molar-refractivity contribution is 5.76. The SMILES string of the molecule is CC1(CO)CC[C@]2(C(=O)O)CC[C@]3(C)C(=CC[C@@H]4[C@@]5(C)C[C@@H](O)[C@@H](O)C(C)(C)C5CC[C@]43C)[C@H]2C1. The molecule has 4 saturated carbocycles. The van der Waals surface area contributed by atoms with Crippen LogP contribution >= 0.6 is 0 Å². The van der Waals surface area contributed by atoms with Crippen molar-refractivity contribution in [2.75, 3.05) is 6.61 Å². The number of hydrogen-bond donors (Lipinski definition) is 4. The Balaban J connectivity index is 1.60. The molecular weight excluding hydrogens is 440 g/mol. The van der Waals surface area contributed by atoms with E-state index in [1.807, 2.05) is 0 Å². The molecule has 35 heavy (non-hydrogen) atoms.